The summed E-state index contributed by atoms with van der Waals surface area (Å²) in [4.78, 5) is 16.8. The van der Waals surface area contributed by atoms with E-state index in [1.165, 1.54) is 0 Å². The molecule has 1 amide bonds. The van der Waals surface area contributed by atoms with Crippen LogP contribution in [-0.2, 0) is 21.6 Å². The van der Waals surface area contributed by atoms with Crippen molar-refractivity contribution < 1.29 is 14.3 Å². The standard InChI is InChI=1S/C26H38N6O3/c1-7-17(2)28-25(33)35-20-9-8-19(13-20)21-14-23(32(30-21)26(3,4)5)29-24-22-12-18(16-34-6)15-31(22)11-10-27-24/h10-12,14-15,17,19-20H,7-9,13,16H2,1-6H3,(H,27,29)(H,28,33)/t17-,19-,20+/m0/s1. The third-order valence-corrected chi connectivity index (χ3v) is 6.55. The van der Waals surface area contributed by atoms with E-state index in [4.69, 9.17) is 14.6 Å². The van der Waals surface area contributed by atoms with Crippen LogP contribution in [0.15, 0.2) is 30.7 Å². The van der Waals surface area contributed by atoms with E-state index >= 15 is 0 Å². The zero-order valence-corrected chi connectivity index (χ0v) is 21.7. The van der Waals surface area contributed by atoms with E-state index in [0.717, 1.165) is 54.1 Å². The average Bonchev–Trinajstić information content (AvgIpc) is 3.51. The lowest BCUT2D eigenvalue weighted by atomic mass is 10.0. The number of fused-ring (bicyclic) bond motifs is 1. The van der Waals surface area contributed by atoms with Crippen LogP contribution in [0.1, 0.15) is 77.5 Å². The van der Waals surface area contributed by atoms with Gasteiger partial charge >= 0.3 is 6.09 Å². The Morgan fingerprint density at radius 1 is 1.29 bits per heavy atom. The first kappa shape index (κ1) is 25.0. The predicted molar refractivity (Wildman–Crippen MR) is 136 cm³/mol. The minimum Gasteiger partial charge on any atom is -0.446 e. The molecule has 3 aromatic heterocycles. The second-order valence-corrected chi connectivity index (χ2v) is 10.5. The third-order valence-electron chi connectivity index (χ3n) is 6.55. The van der Waals surface area contributed by atoms with Gasteiger partial charge in [0, 0.05) is 43.7 Å². The maximum Gasteiger partial charge on any atom is 0.407 e. The number of ether oxygens (including phenoxy) is 2. The lowest BCUT2D eigenvalue weighted by Crippen LogP contribution is -2.34. The summed E-state index contributed by atoms with van der Waals surface area (Å²) in [5.41, 5.74) is 2.85. The largest absolute Gasteiger partial charge is 0.446 e. The van der Waals surface area contributed by atoms with Gasteiger partial charge in [0.2, 0.25) is 0 Å². The van der Waals surface area contributed by atoms with Gasteiger partial charge in [-0.05, 0) is 65.0 Å². The molecule has 2 N–H and O–H groups in total. The number of carbonyl (C=O) groups excluding carboxylic acids is 1. The molecule has 1 aliphatic carbocycles. The van der Waals surface area contributed by atoms with Crippen molar-refractivity contribution in [2.75, 3.05) is 12.4 Å². The average molecular weight is 483 g/mol. The molecule has 9 heteroatoms. The van der Waals surface area contributed by atoms with Gasteiger partial charge in [0.05, 0.1) is 23.4 Å². The van der Waals surface area contributed by atoms with Crippen LogP contribution in [0, 0.1) is 0 Å². The Bertz CT molecular complexity index is 1160. The highest BCUT2D eigenvalue weighted by Gasteiger charge is 2.32. The second-order valence-electron chi connectivity index (χ2n) is 10.5. The number of methoxy groups -OCH3 is 1. The zero-order chi connectivity index (χ0) is 25.2. The molecule has 3 heterocycles. The van der Waals surface area contributed by atoms with Crippen molar-refractivity contribution in [3.05, 3.63) is 42.0 Å². The fourth-order valence-corrected chi connectivity index (χ4v) is 4.56. The Balaban J connectivity index is 1.54. The van der Waals surface area contributed by atoms with E-state index in [0.29, 0.717) is 6.61 Å². The number of hydrogen-bond donors (Lipinski definition) is 2. The van der Waals surface area contributed by atoms with Crippen LogP contribution in [-0.4, -0.2) is 44.5 Å². The lowest BCUT2D eigenvalue weighted by Gasteiger charge is -2.22. The van der Waals surface area contributed by atoms with Gasteiger partial charge in [-0.3, -0.25) is 0 Å². The Hall–Kier alpha value is -3.07. The van der Waals surface area contributed by atoms with E-state index in [9.17, 15) is 4.79 Å². The van der Waals surface area contributed by atoms with Gasteiger partial charge < -0.3 is 24.5 Å². The first-order valence-electron chi connectivity index (χ1n) is 12.5. The molecule has 0 bridgehead atoms. The third kappa shape index (κ3) is 5.78. The van der Waals surface area contributed by atoms with Gasteiger partial charge in [-0.15, -0.1) is 0 Å². The Morgan fingerprint density at radius 2 is 2.09 bits per heavy atom. The van der Waals surface area contributed by atoms with Crippen LogP contribution in [0.25, 0.3) is 5.52 Å². The van der Waals surface area contributed by atoms with Crippen LogP contribution in [0.4, 0.5) is 16.4 Å². The number of nitrogens with zero attached hydrogens (tertiary/aromatic N) is 4. The summed E-state index contributed by atoms with van der Waals surface area (Å²) in [6, 6.07) is 4.31. The lowest BCUT2D eigenvalue weighted by molar-refractivity contribution is 0.0974. The van der Waals surface area contributed by atoms with Crippen molar-refractivity contribution in [2.24, 2.45) is 0 Å². The molecule has 0 aliphatic heterocycles. The van der Waals surface area contributed by atoms with Crippen molar-refractivity contribution in [1.29, 1.82) is 0 Å². The molecule has 3 atom stereocenters. The number of aromatic nitrogens is 4. The molecule has 190 valence electrons. The Kier molecular flexibility index (Phi) is 7.35. The van der Waals surface area contributed by atoms with Crippen molar-refractivity contribution in [2.45, 2.75) is 90.5 Å². The van der Waals surface area contributed by atoms with Crippen LogP contribution in [0.3, 0.4) is 0 Å². The molecular formula is C26H38N6O3. The first-order chi connectivity index (χ1) is 16.7. The molecule has 1 aliphatic rings. The van der Waals surface area contributed by atoms with Gasteiger partial charge in [0.1, 0.15) is 11.9 Å². The van der Waals surface area contributed by atoms with Crippen LogP contribution in [0.2, 0.25) is 0 Å². The molecule has 9 nitrogen and oxygen atoms in total. The normalized spacial score (nSPS) is 19.1. The van der Waals surface area contributed by atoms with Crippen LogP contribution < -0.4 is 10.6 Å². The Morgan fingerprint density at radius 3 is 2.80 bits per heavy atom. The first-order valence-corrected chi connectivity index (χ1v) is 12.5. The molecular weight excluding hydrogens is 444 g/mol. The maximum atomic E-state index is 12.2. The van der Waals surface area contributed by atoms with Crippen LogP contribution in [0.5, 0.6) is 0 Å². The fraction of sp³-hybridized carbons (Fsp3) is 0.577. The van der Waals surface area contributed by atoms with E-state index in [-0.39, 0.29) is 29.7 Å². The number of nitrogens with one attached hydrogen (secondary N) is 2. The molecule has 35 heavy (non-hydrogen) atoms. The number of alkyl carbamates (subject to hydrolysis) is 1. The molecule has 1 fully saturated rings. The predicted octanol–water partition coefficient (Wildman–Crippen LogP) is 5.34. The van der Waals surface area contributed by atoms with Gasteiger partial charge in [-0.1, -0.05) is 6.92 Å². The van der Waals surface area contributed by atoms with Gasteiger partial charge in [-0.2, -0.15) is 5.10 Å². The summed E-state index contributed by atoms with van der Waals surface area (Å²) in [6.45, 7) is 11.0. The maximum absolute atomic E-state index is 12.2. The molecule has 3 aromatic rings. The summed E-state index contributed by atoms with van der Waals surface area (Å²) in [5, 5.41) is 11.4. The van der Waals surface area contributed by atoms with Gasteiger partial charge in [0.15, 0.2) is 5.82 Å². The van der Waals surface area contributed by atoms with Gasteiger partial charge in [0.25, 0.3) is 0 Å². The highest BCUT2D eigenvalue weighted by atomic mass is 16.6. The summed E-state index contributed by atoms with van der Waals surface area (Å²) >= 11 is 0. The van der Waals surface area contributed by atoms with Crippen molar-refractivity contribution in [3.63, 3.8) is 0 Å². The summed E-state index contributed by atoms with van der Waals surface area (Å²) < 4.78 is 15.0. The quantitative estimate of drug-likeness (QED) is 0.450. The number of anilines is 2. The SMILES string of the molecule is CC[C@H](C)NC(=O)O[C@@H]1CC[C@H](c2cc(Nc3nccn4cc(COC)cc34)n(C(C)(C)C)n2)C1. The highest BCUT2D eigenvalue weighted by Crippen LogP contribution is 2.38. The number of hydrogen-bond acceptors (Lipinski definition) is 6. The molecule has 0 radical (unpaired) electrons. The van der Waals surface area contributed by atoms with E-state index in [2.05, 4.69) is 48.5 Å². The minimum absolute atomic E-state index is 0.0874. The molecule has 0 spiro atoms. The topological polar surface area (TPSA) is 94.7 Å². The number of carbonyl (C=O) groups is 1. The molecule has 1 saturated carbocycles. The second kappa shape index (κ2) is 10.3. The van der Waals surface area contributed by atoms with Gasteiger partial charge in [-0.25, -0.2) is 14.5 Å². The fourth-order valence-electron chi connectivity index (χ4n) is 4.56. The smallest absolute Gasteiger partial charge is 0.407 e. The molecule has 0 unspecified atom stereocenters. The zero-order valence-electron chi connectivity index (χ0n) is 21.7. The minimum atomic E-state index is -0.327. The molecule has 4 rings (SSSR count). The van der Waals surface area contributed by atoms with E-state index < -0.39 is 0 Å². The van der Waals surface area contributed by atoms with Crippen molar-refractivity contribution in [3.8, 4) is 0 Å². The number of amides is 1. The van der Waals surface area contributed by atoms with E-state index in [1.807, 2.05) is 35.3 Å². The van der Waals surface area contributed by atoms with E-state index in [1.54, 1.807) is 13.3 Å². The molecule has 0 aromatic carbocycles. The van der Waals surface area contributed by atoms with Crippen molar-refractivity contribution in [1.82, 2.24) is 24.5 Å². The molecule has 0 saturated heterocycles. The number of rotatable bonds is 8. The highest BCUT2D eigenvalue weighted by molar-refractivity contribution is 5.73. The monoisotopic (exact) mass is 482 g/mol. The van der Waals surface area contributed by atoms with Crippen LogP contribution >= 0.6 is 0 Å². The summed E-state index contributed by atoms with van der Waals surface area (Å²) in [6.07, 6.45) is 8.79. The van der Waals surface area contributed by atoms with Crippen molar-refractivity contribution >= 4 is 23.2 Å². The Labute approximate surface area is 207 Å². The summed E-state index contributed by atoms with van der Waals surface area (Å²) in [7, 11) is 1.69. The summed E-state index contributed by atoms with van der Waals surface area (Å²) in [5.74, 6) is 1.90.